The van der Waals surface area contributed by atoms with E-state index in [2.05, 4.69) is 39.0 Å². The van der Waals surface area contributed by atoms with E-state index < -0.39 is 0 Å². The summed E-state index contributed by atoms with van der Waals surface area (Å²) >= 11 is 0. The predicted molar refractivity (Wildman–Crippen MR) is 66.7 cm³/mol. The highest BCUT2D eigenvalue weighted by Crippen LogP contribution is 2.36. The lowest BCUT2D eigenvalue weighted by Crippen LogP contribution is -2.17. The van der Waals surface area contributed by atoms with Crippen molar-refractivity contribution >= 4 is 6.29 Å². The van der Waals surface area contributed by atoms with Crippen LogP contribution in [0.1, 0.15) is 49.8 Å². The Balaban J connectivity index is 2.31. The molecule has 0 aromatic heterocycles. The van der Waals surface area contributed by atoms with E-state index in [0.717, 1.165) is 19.1 Å². The van der Waals surface area contributed by atoms with Crippen LogP contribution in [0.25, 0.3) is 0 Å². The quantitative estimate of drug-likeness (QED) is 0.707. The molecule has 1 aromatic carbocycles. The second-order valence-electron chi connectivity index (χ2n) is 5.46. The van der Waals surface area contributed by atoms with Gasteiger partial charge in [-0.05, 0) is 41.9 Å². The summed E-state index contributed by atoms with van der Waals surface area (Å²) in [6.45, 7) is 6.53. The number of carbonyl (C=O) groups excluding carboxylic acids is 1. The highest BCUT2D eigenvalue weighted by atomic mass is 16.1. The molecule has 0 saturated carbocycles. The summed E-state index contributed by atoms with van der Waals surface area (Å²) < 4.78 is 0. The Morgan fingerprint density at radius 1 is 1.38 bits per heavy atom. The molecule has 0 spiro atoms. The smallest absolute Gasteiger partial charge is 0.126 e. The maximum Gasteiger partial charge on any atom is 0.126 e. The first-order valence-electron chi connectivity index (χ1n) is 6.16. The van der Waals surface area contributed by atoms with Gasteiger partial charge in [0.2, 0.25) is 0 Å². The van der Waals surface area contributed by atoms with Crippen LogP contribution in [0.2, 0.25) is 0 Å². The lowest BCUT2D eigenvalue weighted by atomic mass is 9.89. The first kappa shape index (κ1) is 11.4. The topological polar surface area (TPSA) is 17.1 Å². The fourth-order valence-electron chi connectivity index (χ4n) is 2.54. The van der Waals surface area contributed by atoms with E-state index in [0.29, 0.717) is 5.92 Å². The zero-order valence-corrected chi connectivity index (χ0v) is 10.4. The van der Waals surface area contributed by atoms with Crippen molar-refractivity contribution in [1.29, 1.82) is 0 Å². The van der Waals surface area contributed by atoms with Gasteiger partial charge in [-0.25, -0.2) is 0 Å². The number of fused-ring (bicyclic) bond motifs is 1. The van der Waals surface area contributed by atoms with E-state index in [1.807, 2.05) is 0 Å². The van der Waals surface area contributed by atoms with Crippen molar-refractivity contribution in [3.8, 4) is 0 Å². The van der Waals surface area contributed by atoms with Gasteiger partial charge in [0, 0.05) is 5.41 Å². The van der Waals surface area contributed by atoms with Gasteiger partial charge in [0.1, 0.15) is 6.29 Å². The molecule has 0 radical (unpaired) electrons. The predicted octanol–water partition coefficient (Wildman–Crippen LogP) is 3.50. The van der Waals surface area contributed by atoms with Gasteiger partial charge in [0.25, 0.3) is 0 Å². The van der Waals surface area contributed by atoms with E-state index in [1.54, 1.807) is 0 Å². The average molecular weight is 216 g/mol. The van der Waals surface area contributed by atoms with Gasteiger partial charge in [0.05, 0.1) is 0 Å². The normalized spacial score (nSPS) is 25.2. The molecule has 0 aliphatic heterocycles. The minimum Gasteiger partial charge on any atom is -0.303 e. The minimum atomic E-state index is -0.156. The molecule has 0 bridgehead atoms. The Morgan fingerprint density at radius 3 is 2.69 bits per heavy atom. The molecule has 0 amide bonds. The number of rotatable bonds is 3. The number of aldehydes is 1. The van der Waals surface area contributed by atoms with Gasteiger partial charge in [-0.2, -0.15) is 0 Å². The van der Waals surface area contributed by atoms with Crippen molar-refractivity contribution in [2.24, 2.45) is 5.41 Å². The Morgan fingerprint density at radius 2 is 2.06 bits per heavy atom. The summed E-state index contributed by atoms with van der Waals surface area (Å²) in [5.74, 6) is 0.619. The molecule has 2 unspecified atom stereocenters. The molecule has 1 nitrogen and oxygen atoms in total. The molecule has 0 fully saturated rings. The van der Waals surface area contributed by atoms with Crippen LogP contribution in [0.5, 0.6) is 0 Å². The van der Waals surface area contributed by atoms with Crippen LogP contribution < -0.4 is 0 Å². The van der Waals surface area contributed by atoms with E-state index in [9.17, 15) is 4.79 Å². The van der Waals surface area contributed by atoms with E-state index in [-0.39, 0.29) is 5.41 Å². The molecule has 16 heavy (non-hydrogen) atoms. The molecular weight excluding hydrogens is 196 g/mol. The van der Waals surface area contributed by atoms with E-state index in [1.165, 1.54) is 23.1 Å². The molecule has 1 aliphatic carbocycles. The van der Waals surface area contributed by atoms with Crippen molar-refractivity contribution in [2.45, 2.75) is 46.0 Å². The molecule has 2 atom stereocenters. The average Bonchev–Trinajstić information content (AvgIpc) is 2.64. The summed E-state index contributed by atoms with van der Waals surface area (Å²) in [5, 5.41) is 0. The van der Waals surface area contributed by atoms with E-state index in [4.69, 9.17) is 0 Å². The van der Waals surface area contributed by atoms with Crippen molar-refractivity contribution in [3.05, 3.63) is 34.9 Å². The second kappa shape index (κ2) is 4.04. The molecule has 0 N–H and O–H groups in total. The zero-order valence-electron chi connectivity index (χ0n) is 10.4. The third kappa shape index (κ3) is 1.91. The molecule has 2 rings (SSSR count). The Bertz CT molecular complexity index is 408. The minimum absolute atomic E-state index is 0.156. The van der Waals surface area contributed by atoms with E-state index >= 15 is 0 Å². The third-order valence-electron chi connectivity index (χ3n) is 3.88. The standard InChI is InChI=1S/C15H20O/c1-4-11(2)12-5-6-13-8-15(3,10-16)9-14(13)7-12/h5-7,10-11H,4,8-9H2,1-3H3. The van der Waals surface area contributed by atoms with Crippen LogP contribution in [0.15, 0.2) is 18.2 Å². The van der Waals surface area contributed by atoms with Gasteiger partial charge in [-0.15, -0.1) is 0 Å². The zero-order chi connectivity index (χ0) is 11.8. The molecule has 86 valence electrons. The van der Waals surface area contributed by atoms with Crippen LogP contribution >= 0.6 is 0 Å². The lowest BCUT2D eigenvalue weighted by molar-refractivity contribution is -0.115. The number of carbonyl (C=O) groups is 1. The molecule has 1 aromatic rings. The Labute approximate surface area is 97.9 Å². The monoisotopic (exact) mass is 216 g/mol. The first-order valence-corrected chi connectivity index (χ1v) is 6.16. The maximum absolute atomic E-state index is 11.1. The highest BCUT2D eigenvalue weighted by molar-refractivity contribution is 5.63. The van der Waals surface area contributed by atoms with Gasteiger partial charge < -0.3 is 4.79 Å². The van der Waals surface area contributed by atoms with Crippen molar-refractivity contribution in [3.63, 3.8) is 0 Å². The number of benzene rings is 1. The summed E-state index contributed by atoms with van der Waals surface area (Å²) in [5.41, 5.74) is 4.00. The van der Waals surface area contributed by atoms with Crippen molar-refractivity contribution in [2.75, 3.05) is 0 Å². The molecule has 0 heterocycles. The Hall–Kier alpha value is -1.11. The van der Waals surface area contributed by atoms with Crippen LogP contribution in [-0.2, 0) is 17.6 Å². The van der Waals surface area contributed by atoms with Gasteiger partial charge in [-0.1, -0.05) is 39.0 Å². The van der Waals surface area contributed by atoms with Crippen molar-refractivity contribution < 1.29 is 4.79 Å². The molecule has 0 saturated heterocycles. The lowest BCUT2D eigenvalue weighted by Gasteiger charge is -2.13. The van der Waals surface area contributed by atoms with Gasteiger partial charge >= 0.3 is 0 Å². The number of hydrogen-bond acceptors (Lipinski definition) is 1. The fourth-order valence-corrected chi connectivity index (χ4v) is 2.54. The summed E-state index contributed by atoms with van der Waals surface area (Å²) in [7, 11) is 0. The van der Waals surface area contributed by atoms with Crippen molar-refractivity contribution in [1.82, 2.24) is 0 Å². The van der Waals surface area contributed by atoms with Gasteiger partial charge in [-0.3, -0.25) is 0 Å². The largest absolute Gasteiger partial charge is 0.303 e. The SMILES string of the molecule is CCC(C)c1ccc2c(c1)CC(C)(C=O)C2. The highest BCUT2D eigenvalue weighted by Gasteiger charge is 2.32. The fraction of sp³-hybridized carbons (Fsp3) is 0.533. The molecule has 1 aliphatic rings. The Kier molecular flexibility index (Phi) is 2.88. The van der Waals surface area contributed by atoms with Crippen LogP contribution in [0.4, 0.5) is 0 Å². The van der Waals surface area contributed by atoms with Crippen LogP contribution in [-0.4, -0.2) is 6.29 Å². The number of hydrogen-bond donors (Lipinski definition) is 0. The first-order chi connectivity index (χ1) is 7.58. The second-order valence-corrected chi connectivity index (χ2v) is 5.46. The molecular formula is C15H20O. The van der Waals surface area contributed by atoms with Crippen LogP contribution in [0, 0.1) is 5.41 Å². The summed E-state index contributed by atoms with van der Waals surface area (Å²) in [6, 6.07) is 6.74. The third-order valence-corrected chi connectivity index (χ3v) is 3.88. The maximum atomic E-state index is 11.1. The summed E-state index contributed by atoms with van der Waals surface area (Å²) in [6.07, 6.45) is 4.11. The van der Waals surface area contributed by atoms with Crippen LogP contribution in [0.3, 0.4) is 0 Å². The summed E-state index contributed by atoms with van der Waals surface area (Å²) in [4.78, 5) is 11.1. The molecule has 1 heteroatoms. The van der Waals surface area contributed by atoms with Gasteiger partial charge in [0.15, 0.2) is 0 Å².